The van der Waals surface area contributed by atoms with Gasteiger partial charge in [-0.1, -0.05) is 32.6 Å². The van der Waals surface area contributed by atoms with Gasteiger partial charge < -0.3 is 13.3 Å². The fourth-order valence-corrected chi connectivity index (χ4v) is 8.60. The van der Waals surface area contributed by atoms with Crippen molar-refractivity contribution in [1.29, 1.82) is 0 Å². The summed E-state index contributed by atoms with van der Waals surface area (Å²) in [5.74, 6) is 6.02. The van der Waals surface area contributed by atoms with Crippen LogP contribution >= 0.6 is 0 Å². The molecular formula is C24H46O3Si. The lowest BCUT2D eigenvalue weighted by molar-refractivity contribution is 0.101. The quantitative estimate of drug-likeness (QED) is 0.417. The van der Waals surface area contributed by atoms with Gasteiger partial charge in [0.05, 0.1) is 0 Å². The predicted molar refractivity (Wildman–Crippen MR) is 118 cm³/mol. The van der Waals surface area contributed by atoms with Crippen molar-refractivity contribution in [2.75, 3.05) is 21.3 Å². The van der Waals surface area contributed by atoms with Gasteiger partial charge in [-0.25, -0.2) is 0 Å². The fourth-order valence-electron chi connectivity index (χ4n) is 6.73. The molecule has 3 aliphatic carbocycles. The van der Waals surface area contributed by atoms with E-state index in [1.165, 1.54) is 83.5 Å². The summed E-state index contributed by atoms with van der Waals surface area (Å²) in [5, 5.41) is 0. The van der Waals surface area contributed by atoms with Gasteiger partial charge in [0.25, 0.3) is 0 Å². The third kappa shape index (κ3) is 5.83. The van der Waals surface area contributed by atoms with Crippen LogP contribution in [0.15, 0.2) is 0 Å². The molecule has 28 heavy (non-hydrogen) atoms. The van der Waals surface area contributed by atoms with Crippen LogP contribution in [0.1, 0.15) is 90.4 Å². The van der Waals surface area contributed by atoms with E-state index in [0.717, 1.165) is 41.6 Å². The first kappa shape index (κ1) is 22.8. The molecule has 0 radical (unpaired) electrons. The second kappa shape index (κ2) is 10.9. The van der Waals surface area contributed by atoms with E-state index in [2.05, 4.69) is 6.92 Å². The molecule has 0 amide bonds. The maximum absolute atomic E-state index is 5.60. The van der Waals surface area contributed by atoms with Crippen LogP contribution in [0.2, 0.25) is 6.04 Å². The summed E-state index contributed by atoms with van der Waals surface area (Å²) >= 11 is 0. The van der Waals surface area contributed by atoms with Crippen LogP contribution in [0.25, 0.3) is 0 Å². The molecule has 3 saturated carbocycles. The summed E-state index contributed by atoms with van der Waals surface area (Å²) in [6.45, 7) is 2.45. The van der Waals surface area contributed by atoms with Gasteiger partial charge in [-0.3, -0.25) is 0 Å². The molecular weight excluding hydrogens is 364 g/mol. The molecule has 0 heterocycles. The molecule has 0 aromatic heterocycles. The van der Waals surface area contributed by atoms with Crippen LogP contribution in [0, 0.1) is 35.5 Å². The lowest BCUT2D eigenvalue weighted by Gasteiger charge is -2.41. The lowest BCUT2D eigenvalue weighted by Crippen LogP contribution is -2.43. The Morgan fingerprint density at radius 1 is 0.571 bits per heavy atom. The Morgan fingerprint density at radius 3 is 1.32 bits per heavy atom. The number of rotatable bonds is 8. The summed E-state index contributed by atoms with van der Waals surface area (Å²) in [6, 6.07) is 0.969. The Hall–Kier alpha value is 0.0969. The van der Waals surface area contributed by atoms with E-state index < -0.39 is 8.80 Å². The van der Waals surface area contributed by atoms with Crippen LogP contribution in [0.4, 0.5) is 0 Å². The monoisotopic (exact) mass is 410 g/mol. The van der Waals surface area contributed by atoms with Crippen LogP contribution in [-0.4, -0.2) is 30.1 Å². The van der Waals surface area contributed by atoms with E-state index >= 15 is 0 Å². The lowest BCUT2D eigenvalue weighted by atomic mass is 9.65. The van der Waals surface area contributed by atoms with Crippen LogP contribution in [-0.2, 0) is 13.3 Å². The first-order chi connectivity index (χ1) is 13.6. The Morgan fingerprint density at radius 2 is 0.929 bits per heavy atom. The first-order valence-electron chi connectivity index (χ1n) is 12.2. The third-order valence-electron chi connectivity index (χ3n) is 8.89. The van der Waals surface area contributed by atoms with Crippen molar-refractivity contribution < 1.29 is 13.3 Å². The minimum absolute atomic E-state index is 0.851. The van der Waals surface area contributed by atoms with Gasteiger partial charge in [0.15, 0.2) is 0 Å². The highest BCUT2D eigenvalue weighted by molar-refractivity contribution is 6.60. The zero-order valence-electron chi connectivity index (χ0n) is 19.1. The van der Waals surface area contributed by atoms with Gasteiger partial charge in [-0.05, 0) is 93.3 Å². The van der Waals surface area contributed by atoms with Crippen molar-refractivity contribution in [3.63, 3.8) is 0 Å². The molecule has 3 fully saturated rings. The molecule has 0 saturated heterocycles. The van der Waals surface area contributed by atoms with Gasteiger partial charge >= 0.3 is 8.80 Å². The molecule has 0 aliphatic heterocycles. The van der Waals surface area contributed by atoms with E-state index in [4.69, 9.17) is 13.3 Å². The van der Waals surface area contributed by atoms with Crippen molar-refractivity contribution in [2.45, 2.75) is 96.4 Å². The van der Waals surface area contributed by atoms with Gasteiger partial charge in [0, 0.05) is 27.4 Å². The Kier molecular flexibility index (Phi) is 8.89. The normalized spacial score (nSPS) is 37.7. The average Bonchev–Trinajstić information content (AvgIpc) is 2.76. The fraction of sp³-hybridized carbons (Fsp3) is 1.00. The molecule has 0 bridgehead atoms. The zero-order valence-corrected chi connectivity index (χ0v) is 20.1. The van der Waals surface area contributed by atoms with Gasteiger partial charge in [0.1, 0.15) is 0 Å². The highest BCUT2D eigenvalue weighted by atomic mass is 28.4. The van der Waals surface area contributed by atoms with Gasteiger partial charge in [-0.2, -0.15) is 0 Å². The molecule has 0 aromatic rings. The Balaban J connectivity index is 1.35. The summed E-state index contributed by atoms with van der Waals surface area (Å²) in [4.78, 5) is 0. The van der Waals surface area contributed by atoms with Crippen molar-refractivity contribution >= 4 is 8.80 Å². The SMILES string of the molecule is CO[Si](CCC1CCC(C2CCC(C3CCC(C)CC3)CC2)CC1)(OC)OC. The highest BCUT2D eigenvalue weighted by Gasteiger charge is 2.39. The van der Waals surface area contributed by atoms with Gasteiger partial charge in [0.2, 0.25) is 0 Å². The molecule has 164 valence electrons. The molecule has 0 unspecified atom stereocenters. The maximum atomic E-state index is 5.60. The van der Waals surface area contributed by atoms with E-state index in [-0.39, 0.29) is 0 Å². The summed E-state index contributed by atoms with van der Waals surface area (Å²) < 4.78 is 16.8. The van der Waals surface area contributed by atoms with Gasteiger partial charge in [-0.15, -0.1) is 0 Å². The van der Waals surface area contributed by atoms with Crippen molar-refractivity contribution in [2.24, 2.45) is 35.5 Å². The van der Waals surface area contributed by atoms with Crippen LogP contribution in [0.5, 0.6) is 0 Å². The first-order valence-corrected chi connectivity index (χ1v) is 14.2. The molecule has 0 N–H and O–H groups in total. The predicted octanol–water partition coefficient (Wildman–Crippen LogP) is 6.69. The summed E-state index contributed by atoms with van der Waals surface area (Å²) in [6.07, 6.45) is 19.1. The second-order valence-electron chi connectivity index (χ2n) is 10.3. The largest absolute Gasteiger partial charge is 0.500 e. The third-order valence-corrected chi connectivity index (χ3v) is 11.7. The zero-order chi connectivity index (χ0) is 20.0. The molecule has 0 aromatic carbocycles. The maximum Gasteiger partial charge on any atom is 0.500 e. The Labute approximate surface area is 175 Å². The average molecular weight is 411 g/mol. The molecule has 4 heteroatoms. The topological polar surface area (TPSA) is 27.7 Å². The van der Waals surface area contributed by atoms with Crippen molar-refractivity contribution in [3.05, 3.63) is 0 Å². The minimum Gasteiger partial charge on any atom is -0.377 e. The number of hydrogen-bond donors (Lipinski definition) is 0. The molecule has 3 rings (SSSR count). The molecule has 3 aliphatic rings. The van der Waals surface area contributed by atoms with Crippen LogP contribution < -0.4 is 0 Å². The van der Waals surface area contributed by atoms with E-state index in [9.17, 15) is 0 Å². The summed E-state index contributed by atoms with van der Waals surface area (Å²) in [5.41, 5.74) is 0. The second-order valence-corrected chi connectivity index (χ2v) is 13.4. The van der Waals surface area contributed by atoms with Crippen molar-refractivity contribution in [3.8, 4) is 0 Å². The van der Waals surface area contributed by atoms with E-state index in [1.807, 2.05) is 0 Å². The molecule has 3 nitrogen and oxygen atoms in total. The smallest absolute Gasteiger partial charge is 0.377 e. The van der Waals surface area contributed by atoms with E-state index in [1.54, 1.807) is 21.3 Å². The molecule has 0 spiro atoms. The van der Waals surface area contributed by atoms with E-state index in [0.29, 0.717) is 0 Å². The standard InChI is InChI=1S/C24H46O3Si/c1-19-5-9-21(10-6-19)23-13-15-24(16-14-23)22-11-7-20(8-12-22)17-18-28(25-2,26-3)27-4/h19-24H,5-18H2,1-4H3. The van der Waals surface area contributed by atoms with Crippen molar-refractivity contribution in [1.82, 2.24) is 0 Å². The summed E-state index contributed by atoms with van der Waals surface area (Å²) in [7, 11) is 2.83. The van der Waals surface area contributed by atoms with Crippen LogP contribution in [0.3, 0.4) is 0 Å². The number of hydrogen-bond acceptors (Lipinski definition) is 3. The Bertz CT molecular complexity index is 421. The minimum atomic E-state index is -2.38. The molecule has 0 atom stereocenters. The highest BCUT2D eigenvalue weighted by Crippen LogP contribution is 2.46.